The largest absolute Gasteiger partial charge is 0.303 e. The van der Waals surface area contributed by atoms with Crippen molar-refractivity contribution in [3.05, 3.63) is 21.3 Å². The van der Waals surface area contributed by atoms with Crippen molar-refractivity contribution in [2.24, 2.45) is 0 Å². The number of hydrogen-bond donors (Lipinski definition) is 1. The molecule has 0 bridgehead atoms. The number of ketones is 1. The fourth-order valence-corrected chi connectivity index (χ4v) is 1.42. The molecule has 1 N–H and O–H groups in total. The molecular weight excluding hydrogens is 271 g/mol. The third kappa shape index (κ3) is 2.73. The number of halogens is 1. The van der Waals surface area contributed by atoms with Gasteiger partial charge in [-0.05, 0) is 6.92 Å². The maximum Gasteiger partial charge on any atom is 0.143 e. The number of Topliss-reactive ketones (excluding diaryl/α,β-unsaturated/α-hetero) is 1. The van der Waals surface area contributed by atoms with E-state index < -0.39 is 0 Å². The van der Waals surface area contributed by atoms with Crippen molar-refractivity contribution in [3.63, 3.8) is 0 Å². The Hall–Kier alpha value is 0.434. The SMILES string of the molecule is CC(=N)C(=O)c1c[c-]sc1Cl.[Y]. The summed E-state index contributed by atoms with van der Waals surface area (Å²) in [7, 11) is 0. The van der Waals surface area contributed by atoms with Crippen molar-refractivity contribution in [3.8, 4) is 0 Å². The van der Waals surface area contributed by atoms with Crippen molar-refractivity contribution in [2.45, 2.75) is 6.92 Å². The van der Waals surface area contributed by atoms with Crippen LogP contribution in [0, 0.1) is 10.8 Å². The maximum absolute atomic E-state index is 11.1. The predicted molar refractivity (Wildman–Crippen MR) is 45.9 cm³/mol. The number of thiophene rings is 1. The summed E-state index contributed by atoms with van der Waals surface area (Å²) in [5.41, 5.74) is 0.378. The Balaban J connectivity index is 0.00000121. The molecule has 0 saturated heterocycles. The first kappa shape index (κ1) is 12.4. The number of hydrogen-bond acceptors (Lipinski definition) is 3. The Labute approximate surface area is 105 Å². The molecule has 61 valence electrons. The molecule has 0 aliphatic carbocycles. The molecule has 1 aromatic rings. The average Bonchev–Trinajstić information content (AvgIpc) is 2.33. The monoisotopic (exact) mass is 275 g/mol. The van der Waals surface area contributed by atoms with E-state index in [0.29, 0.717) is 9.90 Å². The Bertz CT molecular complexity index is 310. The van der Waals surface area contributed by atoms with Gasteiger partial charge in [0.25, 0.3) is 0 Å². The molecule has 12 heavy (non-hydrogen) atoms. The Kier molecular flexibility index (Phi) is 5.41. The maximum atomic E-state index is 11.1. The van der Waals surface area contributed by atoms with Gasteiger partial charge in [0.05, 0.1) is 5.71 Å². The van der Waals surface area contributed by atoms with Crippen molar-refractivity contribution < 1.29 is 37.5 Å². The van der Waals surface area contributed by atoms with Crippen LogP contribution in [-0.4, -0.2) is 11.5 Å². The van der Waals surface area contributed by atoms with Crippen LogP contribution in [0.3, 0.4) is 0 Å². The molecule has 0 saturated carbocycles. The van der Waals surface area contributed by atoms with Crippen LogP contribution in [0.5, 0.6) is 0 Å². The molecule has 5 heteroatoms. The fraction of sp³-hybridized carbons (Fsp3) is 0.143. The Morgan fingerprint density at radius 1 is 1.75 bits per heavy atom. The van der Waals surface area contributed by atoms with E-state index in [9.17, 15) is 4.79 Å². The van der Waals surface area contributed by atoms with Gasteiger partial charge in [0.2, 0.25) is 0 Å². The zero-order valence-corrected chi connectivity index (χ0v) is 10.8. The second-order valence-electron chi connectivity index (χ2n) is 2.01. The molecule has 1 heterocycles. The van der Waals surface area contributed by atoms with Crippen molar-refractivity contribution >= 4 is 34.4 Å². The summed E-state index contributed by atoms with van der Waals surface area (Å²) in [5, 5.41) is 9.78. The second kappa shape index (κ2) is 5.23. The molecule has 2 nitrogen and oxygen atoms in total. The summed E-state index contributed by atoms with van der Waals surface area (Å²) in [6.45, 7) is 1.44. The van der Waals surface area contributed by atoms with Gasteiger partial charge in [-0.3, -0.25) is 11.3 Å². The number of carbonyl (C=O) groups excluding carboxylic acids is 1. The summed E-state index contributed by atoms with van der Waals surface area (Å²) >= 11 is 6.82. The topological polar surface area (TPSA) is 40.9 Å². The standard InChI is InChI=1S/C7H5ClNOS.Y/c1-4(9)6(10)5-2-3-11-7(5)8;/h2,9H,1H3;/q-1;. The van der Waals surface area contributed by atoms with Gasteiger partial charge in [0, 0.05) is 32.7 Å². The zero-order chi connectivity index (χ0) is 8.43. The third-order valence-corrected chi connectivity index (χ3v) is 2.22. The van der Waals surface area contributed by atoms with E-state index in [0.717, 1.165) is 0 Å². The summed E-state index contributed by atoms with van der Waals surface area (Å²) < 4.78 is 0.404. The minimum absolute atomic E-state index is 0. The molecular formula is C7H5ClNOSY-. The average molecular weight is 276 g/mol. The van der Waals surface area contributed by atoms with Gasteiger partial charge in [-0.2, -0.15) is 17.7 Å². The quantitative estimate of drug-likeness (QED) is 0.503. The molecule has 1 radical (unpaired) electrons. The molecule has 1 aromatic heterocycles. The third-order valence-electron chi connectivity index (χ3n) is 1.15. The zero-order valence-electron chi connectivity index (χ0n) is 6.35. The van der Waals surface area contributed by atoms with Crippen LogP contribution < -0.4 is 0 Å². The first-order chi connectivity index (χ1) is 5.13. The summed E-state index contributed by atoms with van der Waals surface area (Å²) in [6, 6.07) is 1.51. The second-order valence-corrected chi connectivity index (χ2v) is 3.46. The van der Waals surface area contributed by atoms with Gasteiger partial charge < -0.3 is 10.2 Å². The van der Waals surface area contributed by atoms with Gasteiger partial charge in [0.15, 0.2) is 0 Å². The number of carbonyl (C=O) groups is 1. The van der Waals surface area contributed by atoms with Crippen molar-refractivity contribution in [1.29, 1.82) is 5.41 Å². The van der Waals surface area contributed by atoms with Crippen LogP contribution >= 0.6 is 22.9 Å². The van der Waals surface area contributed by atoms with Crippen molar-refractivity contribution in [2.75, 3.05) is 0 Å². The molecule has 0 aliphatic rings. The molecule has 0 aliphatic heterocycles. The van der Waals surface area contributed by atoms with Gasteiger partial charge in [0.1, 0.15) is 5.78 Å². The van der Waals surface area contributed by atoms with Gasteiger partial charge in [-0.1, -0.05) is 4.34 Å². The smallest absolute Gasteiger partial charge is 0.143 e. The van der Waals surface area contributed by atoms with E-state index in [1.54, 1.807) is 0 Å². The first-order valence-electron chi connectivity index (χ1n) is 2.88. The first-order valence-corrected chi connectivity index (χ1v) is 4.07. The minimum atomic E-state index is -0.326. The molecule has 0 spiro atoms. The number of nitrogens with one attached hydrogen (secondary N) is 1. The van der Waals surface area contributed by atoms with Gasteiger partial charge >= 0.3 is 0 Å². The molecule has 0 fully saturated rings. The van der Waals surface area contributed by atoms with Gasteiger partial charge in [-0.25, -0.2) is 0 Å². The summed E-state index contributed by atoms with van der Waals surface area (Å²) in [4.78, 5) is 11.1. The Morgan fingerprint density at radius 2 is 2.33 bits per heavy atom. The van der Waals surface area contributed by atoms with E-state index in [4.69, 9.17) is 17.0 Å². The molecule has 0 amide bonds. The van der Waals surface area contributed by atoms with Crippen LogP contribution in [0.4, 0.5) is 0 Å². The van der Waals surface area contributed by atoms with E-state index in [-0.39, 0.29) is 44.2 Å². The van der Waals surface area contributed by atoms with E-state index in [2.05, 4.69) is 5.38 Å². The van der Waals surface area contributed by atoms with Crippen LogP contribution in [-0.2, 0) is 32.7 Å². The van der Waals surface area contributed by atoms with Crippen LogP contribution in [0.15, 0.2) is 6.07 Å². The molecule has 1 rings (SSSR count). The van der Waals surface area contributed by atoms with Crippen molar-refractivity contribution in [1.82, 2.24) is 0 Å². The van der Waals surface area contributed by atoms with E-state index >= 15 is 0 Å². The van der Waals surface area contributed by atoms with Crippen LogP contribution in [0.1, 0.15) is 17.3 Å². The van der Waals surface area contributed by atoms with Crippen LogP contribution in [0.2, 0.25) is 4.34 Å². The predicted octanol–water partition coefficient (Wildman–Crippen LogP) is 2.42. The summed E-state index contributed by atoms with van der Waals surface area (Å²) in [5.74, 6) is -0.326. The van der Waals surface area contributed by atoms with Gasteiger partial charge in [-0.15, -0.1) is 10.9 Å². The van der Waals surface area contributed by atoms with Crippen LogP contribution in [0.25, 0.3) is 0 Å². The summed E-state index contributed by atoms with van der Waals surface area (Å²) in [6.07, 6.45) is 0. The molecule has 0 aromatic carbocycles. The fourth-order valence-electron chi connectivity index (χ4n) is 0.609. The normalized spacial score (nSPS) is 8.83. The Morgan fingerprint density at radius 3 is 2.67 bits per heavy atom. The number of rotatable bonds is 2. The minimum Gasteiger partial charge on any atom is -0.303 e. The molecule has 0 unspecified atom stereocenters. The van der Waals surface area contributed by atoms with E-state index in [1.807, 2.05) is 0 Å². The van der Waals surface area contributed by atoms with E-state index in [1.165, 1.54) is 24.3 Å². The molecule has 0 atom stereocenters.